The Kier molecular flexibility index (Phi) is 3.48. The van der Waals surface area contributed by atoms with Gasteiger partial charge in [0.1, 0.15) is 0 Å². The van der Waals surface area contributed by atoms with Crippen LogP contribution in [0, 0.1) is 5.41 Å². The predicted molar refractivity (Wildman–Crippen MR) is 88.6 cm³/mol. The van der Waals surface area contributed by atoms with Gasteiger partial charge >= 0.3 is 0 Å². The Balaban J connectivity index is 2.20. The van der Waals surface area contributed by atoms with Crippen LogP contribution in [0.15, 0.2) is 23.1 Å². The molecule has 4 nitrogen and oxygen atoms in total. The molecule has 1 fully saturated rings. The third kappa shape index (κ3) is 1.99. The quantitative estimate of drug-likeness (QED) is 0.907. The molecule has 1 aromatic rings. The van der Waals surface area contributed by atoms with Crippen LogP contribution in [0.1, 0.15) is 38.3 Å². The van der Waals surface area contributed by atoms with Gasteiger partial charge in [-0.25, -0.2) is 12.7 Å². The molecule has 2 aliphatic rings. The highest BCUT2D eigenvalue weighted by molar-refractivity contribution is 7.89. The van der Waals surface area contributed by atoms with E-state index in [9.17, 15) is 8.42 Å². The van der Waals surface area contributed by atoms with Crippen LogP contribution in [-0.4, -0.2) is 39.4 Å². The highest BCUT2D eigenvalue weighted by atomic mass is 32.2. The van der Waals surface area contributed by atoms with Gasteiger partial charge in [0.2, 0.25) is 10.0 Å². The van der Waals surface area contributed by atoms with E-state index in [1.54, 1.807) is 20.2 Å². The molecule has 0 aromatic heterocycles. The maximum Gasteiger partial charge on any atom is 0.242 e. The fraction of sp³-hybridized carbons (Fsp3) is 0.647. The van der Waals surface area contributed by atoms with Crippen molar-refractivity contribution in [1.29, 1.82) is 0 Å². The number of hydrogen-bond donors (Lipinski definition) is 1. The maximum atomic E-state index is 12.5. The van der Waals surface area contributed by atoms with Gasteiger partial charge in [-0.2, -0.15) is 0 Å². The second-order valence-electron chi connectivity index (χ2n) is 7.62. The topological polar surface area (TPSA) is 49.4 Å². The van der Waals surface area contributed by atoms with E-state index >= 15 is 0 Å². The minimum Gasteiger partial charge on any atom is -0.313 e. The summed E-state index contributed by atoms with van der Waals surface area (Å²) in [5, 5.41) is 3.64. The molecule has 3 rings (SSSR count). The summed E-state index contributed by atoms with van der Waals surface area (Å²) in [6, 6.07) is 6.15. The van der Waals surface area contributed by atoms with Gasteiger partial charge in [0.25, 0.3) is 0 Å². The molecule has 1 saturated heterocycles. The van der Waals surface area contributed by atoms with E-state index in [-0.39, 0.29) is 10.8 Å². The van der Waals surface area contributed by atoms with Crippen molar-refractivity contribution in [3.63, 3.8) is 0 Å². The Hall–Kier alpha value is -0.910. The third-order valence-electron chi connectivity index (χ3n) is 6.19. The molecular formula is C17H26N2O2S. The third-order valence-corrected chi connectivity index (χ3v) is 8.00. The molecule has 1 aromatic carbocycles. The SMILES string of the molecule is CN(C)S(=O)(=O)c1ccc2c(c1)C1(C)CCN[C@H](C2)C1(C)C. The van der Waals surface area contributed by atoms with Crippen molar-refractivity contribution >= 4 is 10.0 Å². The van der Waals surface area contributed by atoms with Crippen LogP contribution in [0.4, 0.5) is 0 Å². The van der Waals surface area contributed by atoms with Crippen LogP contribution in [-0.2, 0) is 21.9 Å². The average Bonchev–Trinajstić information content (AvgIpc) is 2.42. The van der Waals surface area contributed by atoms with E-state index in [2.05, 4.69) is 26.1 Å². The molecule has 1 heterocycles. The number of benzene rings is 1. The zero-order chi connectivity index (χ0) is 16.3. The number of nitrogens with one attached hydrogen (secondary N) is 1. The predicted octanol–water partition coefficient (Wildman–Crippen LogP) is 2.14. The maximum absolute atomic E-state index is 12.5. The van der Waals surface area contributed by atoms with Gasteiger partial charge in [0.15, 0.2) is 0 Å². The van der Waals surface area contributed by atoms with E-state index in [0.717, 1.165) is 19.4 Å². The smallest absolute Gasteiger partial charge is 0.242 e. The molecule has 1 aliphatic carbocycles. The highest BCUT2D eigenvalue weighted by Gasteiger charge is 2.53. The van der Waals surface area contributed by atoms with Crippen LogP contribution in [0.2, 0.25) is 0 Å². The summed E-state index contributed by atoms with van der Waals surface area (Å²) in [5.74, 6) is 0. The van der Waals surface area contributed by atoms with Crippen molar-refractivity contribution in [2.75, 3.05) is 20.6 Å². The molecule has 0 spiro atoms. The number of nitrogens with zero attached hydrogens (tertiary/aromatic N) is 1. The summed E-state index contributed by atoms with van der Waals surface area (Å²) in [6.45, 7) is 7.90. The summed E-state index contributed by atoms with van der Waals surface area (Å²) >= 11 is 0. The zero-order valence-corrected chi connectivity index (χ0v) is 14.9. The van der Waals surface area contributed by atoms with Gasteiger partial charge in [-0.1, -0.05) is 26.8 Å². The molecule has 2 bridgehead atoms. The van der Waals surface area contributed by atoms with E-state index in [0.29, 0.717) is 10.9 Å². The Labute approximate surface area is 134 Å². The van der Waals surface area contributed by atoms with Crippen LogP contribution in [0.5, 0.6) is 0 Å². The lowest BCUT2D eigenvalue weighted by Gasteiger charge is -2.57. The van der Waals surface area contributed by atoms with E-state index in [1.165, 1.54) is 15.4 Å². The Morgan fingerprint density at radius 3 is 2.55 bits per heavy atom. The zero-order valence-electron chi connectivity index (χ0n) is 14.1. The summed E-state index contributed by atoms with van der Waals surface area (Å²) in [6.07, 6.45) is 2.01. The van der Waals surface area contributed by atoms with Gasteiger partial charge in [-0.05, 0) is 48.1 Å². The van der Waals surface area contributed by atoms with Crippen LogP contribution >= 0.6 is 0 Å². The number of hydrogen-bond acceptors (Lipinski definition) is 3. The first-order valence-corrected chi connectivity index (χ1v) is 9.34. The highest BCUT2D eigenvalue weighted by Crippen LogP contribution is 2.53. The molecule has 22 heavy (non-hydrogen) atoms. The normalized spacial score (nSPS) is 30.2. The number of piperidine rings is 1. The lowest BCUT2D eigenvalue weighted by Crippen LogP contribution is -2.62. The van der Waals surface area contributed by atoms with Gasteiger partial charge < -0.3 is 5.32 Å². The number of fused-ring (bicyclic) bond motifs is 4. The van der Waals surface area contributed by atoms with Crippen molar-refractivity contribution in [3.8, 4) is 0 Å². The molecule has 0 amide bonds. The molecular weight excluding hydrogens is 296 g/mol. The van der Waals surface area contributed by atoms with Crippen molar-refractivity contribution in [2.24, 2.45) is 5.41 Å². The van der Waals surface area contributed by atoms with E-state index < -0.39 is 10.0 Å². The molecule has 1 N–H and O–H groups in total. The molecule has 0 radical (unpaired) electrons. The Morgan fingerprint density at radius 1 is 1.23 bits per heavy atom. The monoisotopic (exact) mass is 322 g/mol. The van der Waals surface area contributed by atoms with E-state index in [4.69, 9.17) is 0 Å². The van der Waals surface area contributed by atoms with Crippen molar-refractivity contribution in [3.05, 3.63) is 29.3 Å². The largest absolute Gasteiger partial charge is 0.313 e. The summed E-state index contributed by atoms with van der Waals surface area (Å²) < 4.78 is 26.2. The second-order valence-corrected chi connectivity index (χ2v) is 9.77. The minimum atomic E-state index is -3.38. The van der Waals surface area contributed by atoms with Crippen LogP contribution < -0.4 is 5.32 Å². The molecule has 122 valence electrons. The van der Waals surface area contributed by atoms with Crippen molar-refractivity contribution in [2.45, 2.75) is 50.0 Å². The molecule has 2 atom stereocenters. The Morgan fingerprint density at radius 2 is 1.91 bits per heavy atom. The Bertz CT molecular complexity index is 709. The minimum absolute atomic E-state index is 0.00828. The van der Waals surface area contributed by atoms with Gasteiger partial charge in [0, 0.05) is 25.6 Å². The number of sulfonamides is 1. The summed E-state index contributed by atoms with van der Waals surface area (Å²) in [4.78, 5) is 0.408. The molecule has 0 saturated carbocycles. The summed E-state index contributed by atoms with van der Waals surface area (Å²) in [7, 11) is -0.215. The van der Waals surface area contributed by atoms with Crippen LogP contribution in [0.3, 0.4) is 0 Å². The first kappa shape index (κ1) is 16.0. The van der Waals surface area contributed by atoms with Crippen molar-refractivity contribution in [1.82, 2.24) is 9.62 Å². The lowest BCUT2D eigenvalue weighted by atomic mass is 9.51. The summed E-state index contributed by atoms with van der Waals surface area (Å²) in [5.41, 5.74) is 2.63. The van der Waals surface area contributed by atoms with Crippen molar-refractivity contribution < 1.29 is 8.42 Å². The fourth-order valence-electron chi connectivity index (χ4n) is 4.11. The molecule has 1 unspecified atom stereocenters. The lowest BCUT2D eigenvalue weighted by molar-refractivity contribution is 0.0557. The van der Waals surface area contributed by atoms with Gasteiger partial charge in [-0.15, -0.1) is 0 Å². The first-order valence-electron chi connectivity index (χ1n) is 7.90. The number of rotatable bonds is 2. The fourth-order valence-corrected chi connectivity index (χ4v) is 5.03. The molecule has 5 heteroatoms. The first-order chi connectivity index (χ1) is 10.1. The standard InChI is InChI=1S/C17H26N2O2S/c1-16(2)15-10-12-6-7-13(22(20,21)19(4)5)11-14(12)17(16,3)8-9-18-15/h6-7,11,15,18H,8-10H2,1-5H3/t15-,17?/m1/s1. The van der Waals surface area contributed by atoms with Gasteiger partial charge in [0.05, 0.1) is 4.90 Å². The second kappa shape index (κ2) is 4.79. The van der Waals surface area contributed by atoms with Crippen LogP contribution in [0.25, 0.3) is 0 Å². The average molecular weight is 322 g/mol. The molecule has 1 aliphatic heterocycles. The van der Waals surface area contributed by atoms with E-state index in [1.807, 2.05) is 12.1 Å². The van der Waals surface area contributed by atoms with Gasteiger partial charge in [-0.3, -0.25) is 0 Å².